The molecule has 0 saturated carbocycles. The SMILES string of the molecule is CCOC(=O)CSCc1nc2ccc(Cl)cn2c1C#Cc1cccc(OC(F)(F)F)c1. The summed E-state index contributed by atoms with van der Waals surface area (Å²) in [4.78, 5) is 16.1. The summed E-state index contributed by atoms with van der Waals surface area (Å²) in [6.45, 7) is 2.04. The molecule has 0 aliphatic carbocycles. The molecular weight excluding hydrogens is 453 g/mol. The van der Waals surface area contributed by atoms with E-state index in [1.807, 2.05) is 0 Å². The van der Waals surface area contributed by atoms with Crippen LogP contribution in [0.1, 0.15) is 23.9 Å². The molecule has 0 aliphatic heterocycles. The van der Waals surface area contributed by atoms with Crippen molar-refractivity contribution in [3.8, 4) is 17.6 Å². The number of fused-ring (bicyclic) bond motifs is 1. The van der Waals surface area contributed by atoms with Crippen LogP contribution in [0.25, 0.3) is 5.65 Å². The van der Waals surface area contributed by atoms with Crippen LogP contribution in [-0.4, -0.2) is 34.1 Å². The second-order valence-electron chi connectivity index (χ2n) is 6.11. The summed E-state index contributed by atoms with van der Waals surface area (Å²) in [7, 11) is 0. The molecule has 0 saturated heterocycles. The number of alkyl halides is 3. The Hall–Kier alpha value is -2.83. The number of rotatable bonds is 6. The van der Waals surface area contributed by atoms with Gasteiger partial charge in [-0.05, 0) is 43.2 Å². The molecule has 5 nitrogen and oxygen atoms in total. The molecule has 0 aliphatic rings. The number of aromatic nitrogens is 2. The molecule has 0 atom stereocenters. The van der Waals surface area contributed by atoms with Crippen molar-refractivity contribution in [2.24, 2.45) is 0 Å². The van der Waals surface area contributed by atoms with E-state index in [1.54, 1.807) is 35.7 Å². The number of halogens is 4. The van der Waals surface area contributed by atoms with E-state index in [2.05, 4.69) is 21.6 Å². The number of esters is 1. The molecule has 0 spiro atoms. The highest BCUT2D eigenvalue weighted by Crippen LogP contribution is 2.24. The van der Waals surface area contributed by atoms with Crippen molar-refractivity contribution in [2.75, 3.05) is 12.4 Å². The van der Waals surface area contributed by atoms with Crippen LogP contribution >= 0.6 is 23.4 Å². The van der Waals surface area contributed by atoms with Gasteiger partial charge in [0.1, 0.15) is 17.1 Å². The third-order valence-electron chi connectivity index (χ3n) is 3.81. The maximum absolute atomic E-state index is 12.5. The molecule has 1 aromatic carbocycles. The lowest BCUT2D eigenvalue weighted by Crippen LogP contribution is -2.17. The Balaban J connectivity index is 1.90. The van der Waals surface area contributed by atoms with Crippen molar-refractivity contribution in [3.63, 3.8) is 0 Å². The largest absolute Gasteiger partial charge is 0.573 e. The smallest absolute Gasteiger partial charge is 0.465 e. The summed E-state index contributed by atoms with van der Waals surface area (Å²) < 4.78 is 47.9. The molecule has 0 amide bonds. The standard InChI is InChI=1S/C21H16ClF3N2O3S/c1-2-29-20(28)13-31-12-17-18(27-11-15(22)7-9-19(27)26-17)8-6-14-4-3-5-16(10-14)30-21(23,24)25/h3-5,7,9-11H,2,12-13H2,1H3. The Morgan fingerprint density at radius 2 is 2.06 bits per heavy atom. The van der Waals surface area contributed by atoms with Crippen LogP contribution in [0.15, 0.2) is 42.6 Å². The molecule has 31 heavy (non-hydrogen) atoms. The van der Waals surface area contributed by atoms with Gasteiger partial charge in [-0.15, -0.1) is 24.9 Å². The molecule has 2 heterocycles. The number of hydrogen-bond acceptors (Lipinski definition) is 5. The van der Waals surface area contributed by atoms with Gasteiger partial charge in [-0.25, -0.2) is 4.98 Å². The van der Waals surface area contributed by atoms with E-state index in [1.165, 1.54) is 30.0 Å². The van der Waals surface area contributed by atoms with E-state index in [9.17, 15) is 18.0 Å². The summed E-state index contributed by atoms with van der Waals surface area (Å²) in [5.41, 5.74) is 2.08. The predicted octanol–water partition coefficient (Wildman–Crippen LogP) is 5.08. The number of benzene rings is 1. The van der Waals surface area contributed by atoms with Crippen molar-refractivity contribution in [1.29, 1.82) is 0 Å². The van der Waals surface area contributed by atoms with Gasteiger partial charge in [0.25, 0.3) is 0 Å². The molecule has 0 N–H and O–H groups in total. The molecule has 0 bridgehead atoms. The van der Waals surface area contributed by atoms with Crippen LogP contribution in [0.5, 0.6) is 5.75 Å². The topological polar surface area (TPSA) is 52.8 Å². The third kappa shape index (κ3) is 6.57. The Morgan fingerprint density at radius 1 is 1.26 bits per heavy atom. The van der Waals surface area contributed by atoms with E-state index >= 15 is 0 Å². The molecule has 2 aromatic heterocycles. The number of imidazole rings is 1. The normalized spacial score (nSPS) is 11.1. The number of carbonyl (C=O) groups is 1. The minimum Gasteiger partial charge on any atom is -0.465 e. The van der Waals surface area contributed by atoms with Gasteiger partial charge in [0.15, 0.2) is 0 Å². The molecule has 10 heteroatoms. The number of hydrogen-bond donors (Lipinski definition) is 0. The summed E-state index contributed by atoms with van der Waals surface area (Å²) in [6, 6.07) is 8.81. The van der Waals surface area contributed by atoms with Crippen LogP contribution < -0.4 is 4.74 Å². The molecule has 0 fully saturated rings. The van der Waals surface area contributed by atoms with Gasteiger partial charge in [0, 0.05) is 17.5 Å². The van der Waals surface area contributed by atoms with Crippen molar-refractivity contribution >= 4 is 35.0 Å². The monoisotopic (exact) mass is 468 g/mol. The highest BCUT2D eigenvalue weighted by atomic mass is 35.5. The summed E-state index contributed by atoms with van der Waals surface area (Å²) in [6.07, 6.45) is -3.13. The maximum Gasteiger partial charge on any atom is 0.573 e. The summed E-state index contributed by atoms with van der Waals surface area (Å²) >= 11 is 7.42. The second-order valence-corrected chi connectivity index (χ2v) is 7.53. The van der Waals surface area contributed by atoms with E-state index in [0.717, 1.165) is 0 Å². The number of ether oxygens (including phenoxy) is 2. The Bertz CT molecular complexity index is 1150. The average Bonchev–Trinajstić information content (AvgIpc) is 3.02. The lowest BCUT2D eigenvalue weighted by atomic mass is 10.2. The first kappa shape index (κ1) is 22.8. The highest BCUT2D eigenvalue weighted by Gasteiger charge is 2.31. The quantitative estimate of drug-likeness (QED) is 0.373. The van der Waals surface area contributed by atoms with E-state index in [-0.39, 0.29) is 17.5 Å². The first-order valence-corrected chi connectivity index (χ1v) is 10.6. The van der Waals surface area contributed by atoms with E-state index < -0.39 is 6.36 Å². The second kappa shape index (κ2) is 9.98. The Labute approximate surface area is 185 Å². The first-order chi connectivity index (χ1) is 14.7. The van der Waals surface area contributed by atoms with E-state index in [0.29, 0.717) is 40.0 Å². The van der Waals surface area contributed by atoms with Gasteiger partial charge in [-0.3, -0.25) is 9.20 Å². The van der Waals surface area contributed by atoms with Crippen molar-refractivity contribution in [1.82, 2.24) is 9.38 Å². The van der Waals surface area contributed by atoms with Crippen LogP contribution in [0, 0.1) is 11.8 Å². The lowest BCUT2D eigenvalue weighted by Gasteiger charge is -2.08. The van der Waals surface area contributed by atoms with Crippen LogP contribution in [0.3, 0.4) is 0 Å². The molecule has 0 unspecified atom stereocenters. The highest BCUT2D eigenvalue weighted by molar-refractivity contribution is 7.99. The molecule has 162 valence electrons. The number of carbonyl (C=O) groups excluding carboxylic acids is 1. The lowest BCUT2D eigenvalue weighted by molar-refractivity contribution is -0.274. The number of thioether (sulfide) groups is 1. The fraction of sp³-hybridized carbons (Fsp3) is 0.238. The molecular formula is C21H16ClF3N2O3S. The van der Waals surface area contributed by atoms with Gasteiger partial charge >= 0.3 is 12.3 Å². The minimum absolute atomic E-state index is 0.159. The van der Waals surface area contributed by atoms with Gasteiger partial charge in [-0.1, -0.05) is 23.6 Å². The number of pyridine rings is 1. The van der Waals surface area contributed by atoms with Gasteiger partial charge in [0.05, 0.1) is 23.1 Å². The van der Waals surface area contributed by atoms with Crippen LogP contribution in [-0.2, 0) is 15.3 Å². The predicted molar refractivity (Wildman–Crippen MR) is 112 cm³/mol. The molecule has 3 aromatic rings. The fourth-order valence-electron chi connectivity index (χ4n) is 2.64. The zero-order valence-electron chi connectivity index (χ0n) is 16.2. The van der Waals surface area contributed by atoms with Gasteiger partial charge in [-0.2, -0.15) is 0 Å². The molecule has 0 radical (unpaired) electrons. The maximum atomic E-state index is 12.5. The third-order valence-corrected chi connectivity index (χ3v) is 4.95. The van der Waals surface area contributed by atoms with Crippen LogP contribution in [0.2, 0.25) is 5.02 Å². The van der Waals surface area contributed by atoms with Crippen molar-refractivity contribution in [2.45, 2.75) is 19.0 Å². The van der Waals surface area contributed by atoms with Crippen molar-refractivity contribution < 1.29 is 27.4 Å². The van der Waals surface area contributed by atoms with Crippen molar-refractivity contribution in [3.05, 3.63) is 64.6 Å². The summed E-state index contributed by atoms with van der Waals surface area (Å²) in [5, 5.41) is 0.472. The minimum atomic E-state index is -4.78. The zero-order chi connectivity index (χ0) is 22.4. The molecule has 3 rings (SSSR count). The van der Waals surface area contributed by atoms with Gasteiger partial charge < -0.3 is 9.47 Å². The average molecular weight is 469 g/mol. The fourth-order valence-corrected chi connectivity index (χ4v) is 3.54. The van der Waals surface area contributed by atoms with E-state index in [4.69, 9.17) is 16.3 Å². The van der Waals surface area contributed by atoms with Gasteiger partial charge in [0.2, 0.25) is 0 Å². The first-order valence-electron chi connectivity index (χ1n) is 9.03. The zero-order valence-corrected chi connectivity index (χ0v) is 17.8. The number of nitrogens with zero attached hydrogens (tertiary/aromatic N) is 2. The Morgan fingerprint density at radius 3 is 2.81 bits per heavy atom. The summed E-state index contributed by atoms with van der Waals surface area (Å²) in [5.74, 6) is 5.67. The van der Waals surface area contributed by atoms with Crippen LogP contribution in [0.4, 0.5) is 13.2 Å². The Kier molecular flexibility index (Phi) is 7.36.